The fourth-order valence-corrected chi connectivity index (χ4v) is 3.48. The second-order valence-electron chi connectivity index (χ2n) is 7.00. The molecule has 6 nitrogen and oxygen atoms in total. The van der Waals surface area contributed by atoms with Crippen molar-refractivity contribution in [1.29, 1.82) is 0 Å². The lowest BCUT2D eigenvalue weighted by atomic mass is 10.0. The maximum absolute atomic E-state index is 13.0. The predicted molar refractivity (Wildman–Crippen MR) is 94.4 cm³/mol. The molecule has 7 heteroatoms. The van der Waals surface area contributed by atoms with Crippen molar-refractivity contribution in [1.82, 2.24) is 15.8 Å². The van der Waals surface area contributed by atoms with E-state index in [2.05, 4.69) is 10.9 Å². The number of hydrazine groups is 1. The van der Waals surface area contributed by atoms with Crippen molar-refractivity contribution in [3.8, 4) is 0 Å². The molecule has 1 aromatic carbocycles. The maximum atomic E-state index is 13.0. The Labute approximate surface area is 153 Å². The number of rotatable bonds is 4. The summed E-state index contributed by atoms with van der Waals surface area (Å²) >= 11 is 0. The molecule has 2 aliphatic rings. The van der Waals surface area contributed by atoms with Gasteiger partial charge < -0.3 is 9.64 Å². The molecule has 2 heterocycles. The number of carbonyl (C=O) groups is 2. The number of halogens is 1. The molecule has 2 fully saturated rings. The lowest BCUT2D eigenvalue weighted by Gasteiger charge is -2.24. The minimum atomic E-state index is -0.785. The molecule has 0 aliphatic carbocycles. The average molecular weight is 363 g/mol. The third-order valence-corrected chi connectivity index (χ3v) is 5.02. The molecule has 1 aromatic rings. The Morgan fingerprint density at radius 3 is 2.42 bits per heavy atom. The Balaban J connectivity index is 1.51. The molecule has 0 spiro atoms. The van der Waals surface area contributed by atoms with Gasteiger partial charge in [-0.1, -0.05) is 25.0 Å². The average Bonchev–Trinajstić information content (AvgIpc) is 2.97. The van der Waals surface area contributed by atoms with Crippen LogP contribution in [0.4, 0.5) is 4.39 Å². The molecule has 3 rings (SSSR count). The molecule has 3 atom stereocenters. The Morgan fingerprint density at radius 1 is 1.12 bits per heavy atom. The molecule has 26 heavy (non-hydrogen) atoms. The second-order valence-corrected chi connectivity index (χ2v) is 7.00. The van der Waals surface area contributed by atoms with Gasteiger partial charge in [-0.15, -0.1) is 0 Å². The molecule has 0 aromatic heterocycles. The molecule has 3 unspecified atom stereocenters. The van der Waals surface area contributed by atoms with Crippen molar-refractivity contribution < 1.29 is 18.7 Å². The summed E-state index contributed by atoms with van der Waals surface area (Å²) in [5.41, 5.74) is 6.83. The molecule has 2 aliphatic heterocycles. The van der Waals surface area contributed by atoms with Crippen LogP contribution in [0.1, 0.15) is 50.6 Å². The number of likely N-dealkylation sites (tertiary alicyclic amines) is 1. The number of hydrogen-bond donors (Lipinski definition) is 2. The van der Waals surface area contributed by atoms with Crippen LogP contribution in [-0.4, -0.2) is 42.0 Å². The molecule has 142 valence electrons. The zero-order valence-electron chi connectivity index (χ0n) is 15.0. The number of esters is 1. The molecule has 2 saturated heterocycles. The van der Waals surface area contributed by atoms with Gasteiger partial charge in [0.05, 0.1) is 0 Å². The largest absolute Gasteiger partial charge is 0.451 e. The van der Waals surface area contributed by atoms with E-state index in [1.54, 1.807) is 24.0 Å². The van der Waals surface area contributed by atoms with Crippen LogP contribution in [0.2, 0.25) is 0 Å². The first kappa shape index (κ1) is 18.8. The summed E-state index contributed by atoms with van der Waals surface area (Å²) in [4.78, 5) is 26.7. The van der Waals surface area contributed by atoms with Crippen molar-refractivity contribution in [3.05, 3.63) is 35.6 Å². The van der Waals surface area contributed by atoms with Crippen LogP contribution in [0.15, 0.2) is 24.3 Å². The zero-order chi connectivity index (χ0) is 18.5. The monoisotopic (exact) mass is 363 g/mol. The zero-order valence-corrected chi connectivity index (χ0v) is 15.0. The van der Waals surface area contributed by atoms with Gasteiger partial charge in [0.1, 0.15) is 11.9 Å². The first-order valence-electron chi connectivity index (χ1n) is 9.30. The number of amides is 1. The highest BCUT2D eigenvalue weighted by molar-refractivity contribution is 5.85. The summed E-state index contributed by atoms with van der Waals surface area (Å²) in [6, 6.07) is 5.52. The Morgan fingerprint density at radius 2 is 1.77 bits per heavy atom. The quantitative estimate of drug-likeness (QED) is 0.802. The number of nitrogens with zero attached hydrogens (tertiary/aromatic N) is 1. The SMILES string of the molecule is CC(OC(=O)C1CC(c2ccc(F)cc2)NN1)C(=O)N1CCCCCC1. The van der Waals surface area contributed by atoms with E-state index < -0.39 is 18.1 Å². The van der Waals surface area contributed by atoms with E-state index in [0.717, 1.165) is 44.3 Å². The van der Waals surface area contributed by atoms with Gasteiger partial charge >= 0.3 is 5.97 Å². The predicted octanol–water partition coefficient (Wildman–Crippen LogP) is 2.07. The minimum absolute atomic E-state index is 0.107. The topological polar surface area (TPSA) is 70.7 Å². The van der Waals surface area contributed by atoms with Crippen LogP contribution in [0.25, 0.3) is 0 Å². The van der Waals surface area contributed by atoms with E-state index in [9.17, 15) is 14.0 Å². The third-order valence-electron chi connectivity index (χ3n) is 5.02. The van der Waals surface area contributed by atoms with Gasteiger partial charge in [0.15, 0.2) is 6.10 Å². The molecular formula is C19H26FN3O3. The Kier molecular flexibility index (Phi) is 6.21. The molecular weight excluding hydrogens is 337 g/mol. The van der Waals surface area contributed by atoms with Gasteiger partial charge in [-0.25, -0.2) is 15.2 Å². The summed E-state index contributed by atoms with van der Waals surface area (Å²) in [6.45, 7) is 3.10. The molecule has 1 amide bonds. The molecule has 0 radical (unpaired) electrons. The van der Waals surface area contributed by atoms with Crippen LogP contribution >= 0.6 is 0 Å². The van der Waals surface area contributed by atoms with Crippen molar-refractivity contribution in [2.75, 3.05) is 13.1 Å². The number of ether oxygens (including phenoxy) is 1. The van der Waals surface area contributed by atoms with Crippen LogP contribution in [0, 0.1) is 5.82 Å². The first-order chi connectivity index (χ1) is 12.5. The van der Waals surface area contributed by atoms with Gasteiger partial charge in [-0.2, -0.15) is 0 Å². The van der Waals surface area contributed by atoms with E-state index >= 15 is 0 Å². The van der Waals surface area contributed by atoms with E-state index in [0.29, 0.717) is 6.42 Å². The highest BCUT2D eigenvalue weighted by Crippen LogP contribution is 2.23. The number of benzene rings is 1. The van der Waals surface area contributed by atoms with E-state index in [4.69, 9.17) is 4.74 Å². The minimum Gasteiger partial charge on any atom is -0.451 e. The van der Waals surface area contributed by atoms with E-state index in [-0.39, 0.29) is 17.8 Å². The lowest BCUT2D eigenvalue weighted by Crippen LogP contribution is -2.44. The van der Waals surface area contributed by atoms with Crippen molar-refractivity contribution in [3.63, 3.8) is 0 Å². The number of nitrogens with one attached hydrogen (secondary N) is 2. The summed E-state index contributed by atoms with van der Waals surface area (Å²) in [5.74, 6) is -0.865. The summed E-state index contributed by atoms with van der Waals surface area (Å²) < 4.78 is 18.4. The van der Waals surface area contributed by atoms with Crippen LogP contribution < -0.4 is 10.9 Å². The fraction of sp³-hybridized carbons (Fsp3) is 0.579. The highest BCUT2D eigenvalue weighted by Gasteiger charge is 2.33. The van der Waals surface area contributed by atoms with Crippen molar-refractivity contribution in [2.45, 2.75) is 57.2 Å². The smallest absolute Gasteiger partial charge is 0.325 e. The Bertz CT molecular complexity index is 629. The standard InChI is InChI=1S/C19H26FN3O3/c1-13(18(24)23-10-4-2-3-5-11-23)26-19(25)17-12-16(21-22-17)14-6-8-15(20)9-7-14/h6-9,13,16-17,21-22H,2-5,10-12H2,1H3. The molecule has 0 saturated carbocycles. The molecule has 2 N–H and O–H groups in total. The maximum Gasteiger partial charge on any atom is 0.325 e. The third kappa shape index (κ3) is 4.59. The van der Waals surface area contributed by atoms with E-state index in [1.807, 2.05) is 0 Å². The molecule has 0 bridgehead atoms. The van der Waals surface area contributed by atoms with Gasteiger partial charge in [0, 0.05) is 19.1 Å². The van der Waals surface area contributed by atoms with E-state index in [1.165, 1.54) is 12.1 Å². The number of hydrogen-bond acceptors (Lipinski definition) is 5. The van der Waals surface area contributed by atoms with Crippen LogP contribution in [0.3, 0.4) is 0 Å². The van der Waals surface area contributed by atoms with Crippen LogP contribution in [0.5, 0.6) is 0 Å². The summed E-state index contributed by atoms with van der Waals surface area (Å²) in [6.07, 6.45) is 3.97. The fourth-order valence-electron chi connectivity index (χ4n) is 3.48. The van der Waals surface area contributed by atoms with Gasteiger partial charge in [-0.3, -0.25) is 9.59 Å². The van der Waals surface area contributed by atoms with Gasteiger partial charge in [-0.05, 0) is 43.9 Å². The second kappa shape index (κ2) is 8.60. The van der Waals surface area contributed by atoms with Gasteiger partial charge in [0.2, 0.25) is 0 Å². The number of carbonyl (C=O) groups excluding carboxylic acids is 2. The van der Waals surface area contributed by atoms with Crippen molar-refractivity contribution in [2.24, 2.45) is 0 Å². The van der Waals surface area contributed by atoms with Gasteiger partial charge in [0.25, 0.3) is 5.91 Å². The lowest BCUT2D eigenvalue weighted by molar-refractivity contribution is -0.160. The first-order valence-corrected chi connectivity index (χ1v) is 9.30. The summed E-state index contributed by atoms with van der Waals surface area (Å²) in [5, 5.41) is 0. The Hall–Kier alpha value is -1.99. The van der Waals surface area contributed by atoms with Crippen molar-refractivity contribution >= 4 is 11.9 Å². The van der Waals surface area contributed by atoms with Crippen LogP contribution in [-0.2, 0) is 14.3 Å². The summed E-state index contributed by atoms with van der Waals surface area (Å²) in [7, 11) is 0. The normalized spacial score (nSPS) is 24.8. The highest BCUT2D eigenvalue weighted by atomic mass is 19.1.